The van der Waals surface area contributed by atoms with Crippen molar-refractivity contribution in [2.75, 3.05) is 6.54 Å². The van der Waals surface area contributed by atoms with Crippen molar-refractivity contribution in [1.82, 2.24) is 5.32 Å². The number of nitrogens with one attached hydrogen (secondary N) is 1. The van der Waals surface area contributed by atoms with Gasteiger partial charge in [-0.3, -0.25) is 0 Å². The number of nitrogens with two attached hydrogens (primary N) is 1. The van der Waals surface area contributed by atoms with Crippen molar-refractivity contribution in [1.29, 1.82) is 0 Å². The lowest BCUT2D eigenvalue weighted by molar-refractivity contribution is -0.109. The predicted molar refractivity (Wildman–Crippen MR) is 51.0 cm³/mol. The summed E-state index contributed by atoms with van der Waals surface area (Å²) >= 11 is 0. The molecule has 0 aliphatic rings. The van der Waals surface area contributed by atoms with Crippen LogP contribution < -0.4 is 11.1 Å². The van der Waals surface area contributed by atoms with E-state index in [-0.39, 0.29) is 6.04 Å². The fraction of sp³-hybridized carbons (Fsp3) is 0.889. The van der Waals surface area contributed by atoms with E-state index in [0.29, 0.717) is 12.6 Å². The van der Waals surface area contributed by atoms with Gasteiger partial charge in [0.1, 0.15) is 6.29 Å². The molecule has 3 N–H and O–H groups in total. The first-order valence-corrected chi connectivity index (χ1v) is 4.62. The first-order valence-electron chi connectivity index (χ1n) is 4.62. The van der Waals surface area contributed by atoms with Gasteiger partial charge in [-0.25, -0.2) is 0 Å². The van der Waals surface area contributed by atoms with Crippen LogP contribution in [-0.2, 0) is 4.79 Å². The summed E-state index contributed by atoms with van der Waals surface area (Å²) in [6.45, 7) is 4.80. The molecule has 0 aromatic heterocycles. The zero-order valence-corrected chi connectivity index (χ0v) is 8.05. The van der Waals surface area contributed by atoms with Crippen molar-refractivity contribution >= 4 is 6.29 Å². The van der Waals surface area contributed by atoms with Gasteiger partial charge in [0, 0.05) is 6.04 Å². The van der Waals surface area contributed by atoms with Crippen LogP contribution in [0.25, 0.3) is 0 Å². The van der Waals surface area contributed by atoms with Crippen LogP contribution in [0.1, 0.15) is 33.1 Å². The topological polar surface area (TPSA) is 55.1 Å². The molecule has 0 radical (unpaired) electrons. The Morgan fingerprint density at radius 1 is 1.42 bits per heavy atom. The summed E-state index contributed by atoms with van der Waals surface area (Å²) < 4.78 is 0. The Hall–Kier alpha value is -0.410. The van der Waals surface area contributed by atoms with Crippen molar-refractivity contribution in [2.45, 2.75) is 45.2 Å². The highest BCUT2D eigenvalue weighted by Crippen LogP contribution is 1.98. The average molecular weight is 172 g/mol. The summed E-state index contributed by atoms with van der Waals surface area (Å²) in [5.41, 5.74) is 5.35. The minimum atomic E-state index is 0.0107. The van der Waals surface area contributed by atoms with E-state index in [0.717, 1.165) is 25.5 Å². The third kappa shape index (κ3) is 6.31. The number of aldehydes is 1. The average Bonchev–Trinajstić information content (AvgIpc) is 2.02. The van der Waals surface area contributed by atoms with Crippen LogP contribution in [0.5, 0.6) is 0 Å². The summed E-state index contributed by atoms with van der Waals surface area (Å²) in [6.07, 6.45) is 3.92. The Labute approximate surface area is 74.7 Å². The maximum Gasteiger partial charge on any atom is 0.136 e. The summed E-state index contributed by atoms with van der Waals surface area (Å²) in [5, 5.41) is 3.18. The summed E-state index contributed by atoms with van der Waals surface area (Å²) in [7, 11) is 0. The van der Waals surface area contributed by atoms with E-state index < -0.39 is 0 Å². The van der Waals surface area contributed by atoms with Gasteiger partial charge >= 0.3 is 0 Å². The van der Waals surface area contributed by atoms with Gasteiger partial charge in [-0.15, -0.1) is 0 Å². The van der Waals surface area contributed by atoms with Gasteiger partial charge in [0.15, 0.2) is 0 Å². The van der Waals surface area contributed by atoms with Gasteiger partial charge in [0.25, 0.3) is 0 Å². The molecule has 0 bridgehead atoms. The fourth-order valence-corrected chi connectivity index (χ4v) is 1.13. The molecule has 0 unspecified atom stereocenters. The highest BCUT2D eigenvalue weighted by molar-refractivity contribution is 5.57. The number of carbonyl (C=O) groups is 1. The molecule has 3 heteroatoms. The lowest BCUT2D eigenvalue weighted by Gasteiger charge is -2.14. The molecule has 0 saturated carbocycles. The van der Waals surface area contributed by atoms with Crippen LogP contribution in [0.4, 0.5) is 0 Å². The van der Waals surface area contributed by atoms with Crippen LogP contribution in [0, 0.1) is 0 Å². The second-order valence-corrected chi connectivity index (χ2v) is 3.35. The molecule has 0 aliphatic heterocycles. The zero-order chi connectivity index (χ0) is 9.40. The predicted octanol–water partition coefficient (Wildman–Crippen LogP) is 0.681. The van der Waals surface area contributed by atoms with Crippen LogP contribution in [-0.4, -0.2) is 24.9 Å². The Bertz CT molecular complexity index is 115. The van der Waals surface area contributed by atoms with Crippen molar-refractivity contribution < 1.29 is 4.79 Å². The van der Waals surface area contributed by atoms with Crippen LogP contribution >= 0.6 is 0 Å². The Morgan fingerprint density at radius 2 is 2.08 bits per heavy atom. The molecule has 0 aliphatic carbocycles. The van der Waals surface area contributed by atoms with Gasteiger partial charge < -0.3 is 15.8 Å². The Morgan fingerprint density at radius 3 is 2.50 bits per heavy atom. The molecule has 3 nitrogen and oxygen atoms in total. The fourth-order valence-electron chi connectivity index (χ4n) is 1.13. The van der Waals surface area contributed by atoms with E-state index in [2.05, 4.69) is 5.32 Å². The van der Waals surface area contributed by atoms with Crippen LogP contribution in [0.3, 0.4) is 0 Å². The van der Waals surface area contributed by atoms with Crippen LogP contribution in [0.15, 0.2) is 0 Å². The maximum absolute atomic E-state index is 10.5. The third-order valence-electron chi connectivity index (χ3n) is 1.68. The molecule has 12 heavy (non-hydrogen) atoms. The SMILES string of the molecule is CC(C)N[C@H](C=O)CCCCN. The number of hydrogen-bond donors (Lipinski definition) is 2. The molecular formula is C9H20N2O. The van der Waals surface area contributed by atoms with E-state index in [4.69, 9.17) is 5.73 Å². The van der Waals surface area contributed by atoms with E-state index in [1.54, 1.807) is 0 Å². The van der Waals surface area contributed by atoms with Crippen molar-refractivity contribution in [2.24, 2.45) is 5.73 Å². The highest BCUT2D eigenvalue weighted by atomic mass is 16.1. The number of unbranched alkanes of at least 4 members (excludes halogenated alkanes) is 1. The minimum absolute atomic E-state index is 0.0107. The second-order valence-electron chi connectivity index (χ2n) is 3.35. The van der Waals surface area contributed by atoms with Gasteiger partial charge in [-0.1, -0.05) is 20.3 Å². The Balaban J connectivity index is 3.46. The lowest BCUT2D eigenvalue weighted by atomic mass is 10.1. The van der Waals surface area contributed by atoms with Gasteiger partial charge in [0.05, 0.1) is 6.04 Å². The van der Waals surface area contributed by atoms with Crippen molar-refractivity contribution in [3.8, 4) is 0 Å². The monoisotopic (exact) mass is 172 g/mol. The number of rotatable bonds is 7. The van der Waals surface area contributed by atoms with E-state index in [1.807, 2.05) is 13.8 Å². The van der Waals surface area contributed by atoms with Crippen LogP contribution in [0.2, 0.25) is 0 Å². The minimum Gasteiger partial charge on any atom is -0.330 e. The molecular weight excluding hydrogens is 152 g/mol. The summed E-state index contributed by atoms with van der Waals surface area (Å²) in [5.74, 6) is 0. The van der Waals surface area contributed by atoms with Gasteiger partial charge in [-0.2, -0.15) is 0 Å². The summed E-state index contributed by atoms with van der Waals surface area (Å²) in [4.78, 5) is 10.5. The normalized spacial score (nSPS) is 13.3. The zero-order valence-electron chi connectivity index (χ0n) is 8.05. The molecule has 0 fully saturated rings. The molecule has 0 heterocycles. The molecule has 0 aromatic rings. The quantitative estimate of drug-likeness (QED) is 0.438. The second kappa shape index (κ2) is 7.25. The summed E-state index contributed by atoms with van der Waals surface area (Å²) in [6, 6.07) is 0.384. The lowest BCUT2D eigenvalue weighted by Crippen LogP contribution is -2.35. The van der Waals surface area contributed by atoms with Gasteiger partial charge in [0.2, 0.25) is 0 Å². The van der Waals surface area contributed by atoms with Crippen molar-refractivity contribution in [3.05, 3.63) is 0 Å². The number of hydrogen-bond acceptors (Lipinski definition) is 3. The maximum atomic E-state index is 10.5. The first kappa shape index (κ1) is 11.6. The van der Waals surface area contributed by atoms with Gasteiger partial charge in [-0.05, 0) is 19.4 Å². The molecule has 0 rings (SSSR count). The Kier molecular flexibility index (Phi) is 7.00. The smallest absolute Gasteiger partial charge is 0.136 e. The number of carbonyl (C=O) groups excluding carboxylic acids is 1. The molecule has 0 amide bonds. The van der Waals surface area contributed by atoms with E-state index >= 15 is 0 Å². The standard InChI is InChI=1S/C9H20N2O/c1-8(2)11-9(7-12)5-3-4-6-10/h7-9,11H,3-6,10H2,1-2H3/t9-/m0/s1. The van der Waals surface area contributed by atoms with E-state index in [9.17, 15) is 4.79 Å². The molecule has 0 spiro atoms. The van der Waals surface area contributed by atoms with E-state index in [1.165, 1.54) is 0 Å². The molecule has 0 saturated heterocycles. The highest BCUT2D eigenvalue weighted by Gasteiger charge is 2.06. The largest absolute Gasteiger partial charge is 0.330 e. The first-order chi connectivity index (χ1) is 5.70. The van der Waals surface area contributed by atoms with Crippen molar-refractivity contribution in [3.63, 3.8) is 0 Å². The third-order valence-corrected chi connectivity index (χ3v) is 1.68. The molecule has 1 atom stereocenters. The molecule has 72 valence electrons. The molecule has 0 aromatic carbocycles.